The molecule has 4 aromatic rings. The number of aliphatic hydroxyl groups is 1. The van der Waals surface area contributed by atoms with Crippen LogP contribution in [0, 0.1) is 18.8 Å². The lowest BCUT2D eigenvalue weighted by Crippen LogP contribution is -2.19. The van der Waals surface area contributed by atoms with E-state index in [0.717, 1.165) is 90.8 Å². The molecular formula is C33H38N4O3. The Morgan fingerprint density at radius 2 is 1.77 bits per heavy atom. The number of aromatic amines is 1. The van der Waals surface area contributed by atoms with E-state index < -0.39 is 5.76 Å². The summed E-state index contributed by atoms with van der Waals surface area (Å²) in [6.07, 6.45) is 8.00. The van der Waals surface area contributed by atoms with Crippen molar-refractivity contribution < 1.29 is 9.63 Å². The number of H-pyrrole nitrogens is 1. The fraction of sp³-hybridized carbons (Fsp3) is 0.394. The molecule has 5 rings (SSSR count). The summed E-state index contributed by atoms with van der Waals surface area (Å²) >= 11 is 0. The fourth-order valence-corrected chi connectivity index (χ4v) is 5.84. The molecule has 0 radical (unpaired) electrons. The topological polar surface area (TPSA) is 105 Å². The van der Waals surface area contributed by atoms with Gasteiger partial charge in [0.05, 0.1) is 5.69 Å². The first-order valence-electron chi connectivity index (χ1n) is 14.4. The van der Waals surface area contributed by atoms with Crippen molar-refractivity contribution in [2.24, 2.45) is 11.8 Å². The van der Waals surface area contributed by atoms with E-state index in [9.17, 15) is 9.90 Å². The predicted octanol–water partition coefficient (Wildman–Crippen LogP) is 6.54. The number of unbranched alkanes of at least 4 members (excludes halogenated alkanes) is 1. The van der Waals surface area contributed by atoms with Crippen LogP contribution in [0.3, 0.4) is 0 Å². The summed E-state index contributed by atoms with van der Waals surface area (Å²) in [6, 6.07) is 16.4. The van der Waals surface area contributed by atoms with Crippen LogP contribution in [0.2, 0.25) is 0 Å². The van der Waals surface area contributed by atoms with Crippen LogP contribution in [0.15, 0.2) is 64.4 Å². The SMILES string of the molecule is C=C(c1nc(C)nc(CCCC)c1Cc1ccc(-c2ccccc2-c2noc(=O)[nH]2)cc1)C1CCC(CO)CC1. The van der Waals surface area contributed by atoms with Crippen LogP contribution in [-0.4, -0.2) is 31.8 Å². The highest BCUT2D eigenvalue weighted by Crippen LogP contribution is 2.38. The van der Waals surface area contributed by atoms with Gasteiger partial charge in [-0.1, -0.05) is 73.6 Å². The van der Waals surface area contributed by atoms with Crippen LogP contribution in [0.25, 0.3) is 28.1 Å². The second kappa shape index (κ2) is 12.6. The maximum absolute atomic E-state index is 11.5. The minimum Gasteiger partial charge on any atom is -0.396 e. The Morgan fingerprint density at radius 3 is 2.42 bits per heavy atom. The van der Waals surface area contributed by atoms with Crippen LogP contribution in [0.4, 0.5) is 0 Å². The number of benzene rings is 2. The standard InChI is InChI=1S/C33H38N4O3/c1-4-5-10-30-29(31(35-22(3)34-30)21(2)25-15-13-24(20-38)14-16-25)19-23-11-17-26(18-12-23)27-8-6-7-9-28(27)32-36-33(39)40-37-32/h6-9,11-12,17-18,24-25,38H,2,4-5,10,13-16,19-20H2,1,3H3,(H,36,37,39). The van der Waals surface area contributed by atoms with Gasteiger partial charge in [0, 0.05) is 29.8 Å². The first-order chi connectivity index (χ1) is 19.5. The van der Waals surface area contributed by atoms with Crippen molar-refractivity contribution in [1.29, 1.82) is 0 Å². The molecule has 1 aliphatic rings. The van der Waals surface area contributed by atoms with E-state index in [-0.39, 0.29) is 6.61 Å². The Morgan fingerprint density at radius 1 is 1.05 bits per heavy atom. The zero-order valence-electron chi connectivity index (χ0n) is 23.4. The average Bonchev–Trinajstić information content (AvgIpc) is 3.43. The van der Waals surface area contributed by atoms with Gasteiger partial charge in [0.25, 0.3) is 0 Å². The van der Waals surface area contributed by atoms with Crippen LogP contribution >= 0.6 is 0 Å². The van der Waals surface area contributed by atoms with Gasteiger partial charge in [-0.05, 0) is 79.5 Å². The molecule has 40 heavy (non-hydrogen) atoms. The zero-order chi connectivity index (χ0) is 28.1. The summed E-state index contributed by atoms with van der Waals surface area (Å²) in [4.78, 5) is 24.1. The van der Waals surface area contributed by atoms with E-state index in [2.05, 4.69) is 47.9 Å². The molecule has 2 heterocycles. The van der Waals surface area contributed by atoms with Crippen molar-refractivity contribution in [3.63, 3.8) is 0 Å². The summed E-state index contributed by atoms with van der Waals surface area (Å²) in [7, 11) is 0. The van der Waals surface area contributed by atoms with E-state index >= 15 is 0 Å². The van der Waals surface area contributed by atoms with Gasteiger partial charge in [-0.3, -0.25) is 9.51 Å². The van der Waals surface area contributed by atoms with Crippen molar-refractivity contribution >= 4 is 5.57 Å². The monoisotopic (exact) mass is 538 g/mol. The Balaban J connectivity index is 1.45. The number of hydrogen-bond donors (Lipinski definition) is 2. The molecule has 7 nitrogen and oxygen atoms in total. The van der Waals surface area contributed by atoms with Gasteiger partial charge in [0.15, 0.2) is 5.82 Å². The van der Waals surface area contributed by atoms with E-state index in [1.165, 1.54) is 11.1 Å². The molecule has 1 aliphatic carbocycles. The molecule has 0 spiro atoms. The highest BCUT2D eigenvalue weighted by atomic mass is 16.5. The van der Waals surface area contributed by atoms with E-state index in [1.807, 2.05) is 31.2 Å². The predicted molar refractivity (Wildman–Crippen MR) is 158 cm³/mol. The minimum atomic E-state index is -0.571. The van der Waals surface area contributed by atoms with Gasteiger partial charge in [-0.15, -0.1) is 0 Å². The third-order valence-electron chi connectivity index (χ3n) is 8.14. The second-order valence-electron chi connectivity index (χ2n) is 10.9. The average molecular weight is 539 g/mol. The molecule has 0 unspecified atom stereocenters. The zero-order valence-corrected chi connectivity index (χ0v) is 23.4. The van der Waals surface area contributed by atoms with Gasteiger partial charge in [-0.25, -0.2) is 14.8 Å². The molecule has 208 valence electrons. The molecule has 0 aliphatic heterocycles. The van der Waals surface area contributed by atoms with E-state index in [0.29, 0.717) is 17.7 Å². The Bertz CT molecular complexity index is 1510. The van der Waals surface area contributed by atoms with E-state index in [1.54, 1.807) is 0 Å². The quantitative estimate of drug-likeness (QED) is 0.238. The number of aliphatic hydroxyl groups excluding tert-OH is 1. The number of nitrogens with one attached hydrogen (secondary N) is 1. The van der Waals surface area contributed by atoms with Gasteiger partial charge < -0.3 is 5.11 Å². The number of aryl methyl sites for hydroxylation is 2. The molecule has 0 atom stereocenters. The highest BCUT2D eigenvalue weighted by Gasteiger charge is 2.26. The first-order valence-corrected chi connectivity index (χ1v) is 14.4. The minimum absolute atomic E-state index is 0.273. The summed E-state index contributed by atoms with van der Waals surface area (Å²) in [5.41, 5.74) is 8.41. The van der Waals surface area contributed by atoms with Crippen LogP contribution < -0.4 is 5.76 Å². The van der Waals surface area contributed by atoms with Crippen molar-refractivity contribution in [3.05, 3.63) is 94.0 Å². The molecule has 2 aromatic carbocycles. The molecular weight excluding hydrogens is 500 g/mol. The molecule has 2 aromatic heterocycles. The van der Waals surface area contributed by atoms with Crippen molar-refractivity contribution in [2.75, 3.05) is 6.61 Å². The van der Waals surface area contributed by atoms with Crippen molar-refractivity contribution in [2.45, 2.75) is 65.2 Å². The third-order valence-corrected chi connectivity index (χ3v) is 8.14. The maximum Gasteiger partial charge on any atom is 0.439 e. The summed E-state index contributed by atoms with van der Waals surface area (Å²) < 4.78 is 4.74. The van der Waals surface area contributed by atoms with Crippen LogP contribution in [0.1, 0.15) is 73.8 Å². The normalized spacial score (nSPS) is 17.2. The maximum atomic E-state index is 11.5. The lowest BCUT2D eigenvalue weighted by atomic mass is 9.77. The smallest absolute Gasteiger partial charge is 0.396 e. The summed E-state index contributed by atoms with van der Waals surface area (Å²) in [5.74, 6) is 1.44. The lowest BCUT2D eigenvalue weighted by Gasteiger charge is -2.29. The van der Waals surface area contributed by atoms with Crippen LogP contribution in [-0.2, 0) is 12.8 Å². The number of nitrogens with zero attached hydrogens (tertiary/aromatic N) is 3. The number of hydrogen-bond acceptors (Lipinski definition) is 6. The summed E-state index contributed by atoms with van der Waals surface area (Å²) in [5, 5.41) is 13.5. The Hall–Kier alpha value is -3.84. The number of allylic oxidation sites excluding steroid dienone is 1. The molecule has 2 N–H and O–H groups in total. The molecule has 0 saturated heterocycles. The molecule has 7 heteroatoms. The number of aromatic nitrogens is 4. The molecule has 0 bridgehead atoms. The van der Waals surface area contributed by atoms with Gasteiger partial charge in [0.2, 0.25) is 0 Å². The van der Waals surface area contributed by atoms with E-state index in [4.69, 9.17) is 14.5 Å². The second-order valence-corrected chi connectivity index (χ2v) is 10.9. The van der Waals surface area contributed by atoms with Gasteiger partial charge in [0.1, 0.15) is 5.82 Å². The largest absolute Gasteiger partial charge is 0.439 e. The van der Waals surface area contributed by atoms with Gasteiger partial charge in [-0.2, -0.15) is 0 Å². The van der Waals surface area contributed by atoms with Gasteiger partial charge >= 0.3 is 5.76 Å². The summed E-state index contributed by atoms with van der Waals surface area (Å²) in [6.45, 7) is 9.03. The van der Waals surface area contributed by atoms with Crippen LogP contribution in [0.5, 0.6) is 0 Å². The Labute approximate surface area is 235 Å². The lowest BCUT2D eigenvalue weighted by molar-refractivity contribution is 0.179. The first kappa shape index (κ1) is 27.7. The molecule has 0 amide bonds. The molecule has 1 saturated carbocycles. The van der Waals surface area contributed by atoms with Crippen molar-refractivity contribution in [1.82, 2.24) is 20.1 Å². The van der Waals surface area contributed by atoms with Crippen molar-refractivity contribution in [3.8, 4) is 22.5 Å². The third kappa shape index (κ3) is 6.15. The molecule has 1 fully saturated rings. The highest BCUT2D eigenvalue weighted by molar-refractivity contribution is 5.80. The number of rotatable bonds is 10. The Kier molecular flexibility index (Phi) is 8.70. The fourth-order valence-electron chi connectivity index (χ4n) is 5.84.